The number of hydrogen-bond acceptors (Lipinski definition) is 4. The number of anilines is 1. The Morgan fingerprint density at radius 2 is 2.30 bits per heavy atom. The topological polar surface area (TPSA) is 46.3 Å². The summed E-state index contributed by atoms with van der Waals surface area (Å²) in [5.41, 5.74) is 6.43. The van der Waals surface area contributed by atoms with Crippen LogP contribution >= 0.6 is 23.1 Å². The van der Waals surface area contributed by atoms with E-state index >= 15 is 0 Å². The first-order valence-electron chi connectivity index (χ1n) is 6.40. The molecule has 1 aliphatic rings. The summed E-state index contributed by atoms with van der Waals surface area (Å²) < 4.78 is 14.1. The van der Waals surface area contributed by atoms with Gasteiger partial charge in [0.1, 0.15) is 10.7 Å². The lowest BCUT2D eigenvalue weighted by atomic mass is 10.2. The van der Waals surface area contributed by atoms with Crippen molar-refractivity contribution >= 4 is 44.8 Å². The van der Waals surface area contributed by atoms with Gasteiger partial charge in [-0.3, -0.25) is 4.79 Å². The maximum atomic E-state index is 13.3. The molecule has 1 atom stereocenters. The quantitative estimate of drug-likeness (QED) is 0.926. The van der Waals surface area contributed by atoms with Crippen molar-refractivity contribution in [2.75, 3.05) is 24.3 Å². The van der Waals surface area contributed by atoms with Crippen LogP contribution in [0.4, 0.5) is 10.1 Å². The molecule has 1 aromatic heterocycles. The Labute approximate surface area is 124 Å². The van der Waals surface area contributed by atoms with Crippen molar-refractivity contribution in [1.82, 2.24) is 4.90 Å². The molecule has 3 nitrogen and oxygen atoms in total. The lowest BCUT2D eigenvalue weighted by Crippen LogP contribution is -2.36. The van der Waals surface area contributed by atoms with Crippen molar-refractivity contribution in [2.45, 2.75) is 12.5 Å². The molecule has 0 radical (unpaired) electrons. The number of benzene rings is 1. The molecule has 2 N–H and O–H groups in total. The second-order valence-electron chi connectivity index (χ2n) is 4.92. The first kappa shape index (κ1) is 13.7. The standard InChI is InChI=1S/C14H15FN2OS2/c1-17(9-4-5-19-7-9)14(18)13-12(16)10-6-8(15)2-3-11(10)20-13/h2-3,6,9H,4-5,7,16H2,1H3. The van der Waals surface area contributed by atoms with Crippen LogP contribution < -0.4 is 5.73 Å². The maximum Gasteiger partial charge on any atom is 0.266 e. The molecule has 3 rings (SSSR count). The Balaban J connectivity index is 1.96. The molecule has 1 amide bonds. The maximum absolute atomic E-state index is 13.3. The summed E-state index contributed by atoms with van der Waals surface area (Å²) in [6.45, 7) is 0. The van der Waals surface area contributed by atoms with E-state index in [1.165, 1.54) is 23.5 Å². The number of amides is 1. The summed E-state index contributed by atoms with van der Waals surface area (Å²) in [4.78, 5) is 14.9. The molecule has 2 heterocycles. The molecule has 2 aromatic rings. The van der Waals surface area contributed by atoms with Crippen LogP contribution in [0.15, 0.2) is 18.2 Å². The van der Waals surface area contributed by atoms with E-state index in [0.717, 1.165) is 22.6 Å². The van der Waals surface area contributed by atoms with Crippen LogP contribution in [0.1, 0.15) is 16.1 Å². The van der Waals surface area contributed by atoms with Gasteiger partial charge < -0.3 is 10.6 Å². The van der Waals surface area contributed by atoms with Gasteiger partial charge in [-0.15, -0.1) is 11.3 Å². The molecule has 0 aliphatic carbocycles. The van der Waals surface area contributed by atoms with E-state index in [2.05, 4.69) is 0 Å². The third-order valence-electron chi connectivity index (χ3n) is 3.66. The Morgan fingerprint density at radius 1 is 1.50 bits per heavy atom. The number of thioether (sulfide) groups is 1. The Bertz CT molecular complexity index is 664. The number of carbonyl (C=O) groups excluding carboxylic acids is 1. The minimum Gasteiger partial charge on any atom is -0.397 e. The zero-order valence-electron chi connectivity index (χ0n) is 11.1. The van der Waals surface area contributed by atoms with Crippen molar-refractivity contribution in [1.29, 1.82) is 0 Å². The molecule has 20 heavy (non-hydrogen) atoms. The molecule has 1 aliphatic heterocycles. The average molecular weight is 310 g/mol. The fourth-order valence-electron chi connectivity index (χ4n) is 2.40. The number of nitrogen functional groups attached to an aromatic ring is 1. The smallest absolute Gasteiger partial charge is 0.266 e. The van der Waals surface area contributed by atoms with Gasteiger partial charge >= 0.3 is 0 Å². The number of fused-ring (bicyclic) bond motifs is 1. The van der Waals surface area contributed by atoms with Crippen molar-refractivity contribution in [2.24, 2.45) is 0 Å². The highest BCUT2D eigenvalue weighted by atomic mass is 32.2. The normalized spacial score (nSPS) is 18.6. The van der Waals surface area contributed by atoms with Gasteiger partial charge in [-0.05, 0) is 30.4 Å². The van der Waals surface area contributed by atoms with Gasteiger partial charge in [0, 0.05) is 28.9 Å². The van der Waals surface area contributed by atoms with Gasteiger partial charge in [0.05, 0.1) is 5.69 Å². The lowest BCUT2D eigenvalue weighted by molar-refractivity contribution is 0.0754. The van der Waals surface area contributed by atoms with Crippen molar-refractivity contribution in [3.63, 3.8) is 0 Å². The van der Waals surface area contributed by atoms with Crippen molar-refractivity contribution in [3.8, 4) is 0 Å². The summed E-state index contributed by atoms with van der Waals surface area (Å²) in [5, 5.41) is 0.632. The lowest BCUT2D eigenvalue weighted by Gasteiger charge is -2.23. The Hall–Kier alpha value is -1.27. The van der Waals surface area contributed by atoms with Crippen LogP contribution in [0.5, 0.6) is 0 Å². The third kappa shape index (κ3) is 2.27. The molecular weight excluding hydrogens is 295 g/mol. The van der Waals surface area contributed by atoms with E-state index < -0.39 is 0 Å². The fourth-order valence-corrected chi connectivity index (χ4v) is 4.76. The van der Waals surface area contributed by atoms with Gasteiger partial charge in [-0.1, -0.05) is 0 Å². The molecule has 106 valence electrons. The number of thiophene rings is 1. The highest BCUT2D eigenvalue weighted by molar-refractivity contribution is 7.99. The number of carbonyl (C=O) groups is 1. The predicted octanol–water partition coefficient (Wildman–Crippen LogP) is 3.20. The number of halogens is 1. The Morgan fingerprint density at radius 3 is 3.00 bits per heavy atom. The number of nitrogens with zero attached hydrogens (tertiary/aromatic N) is 1. The number of hydrogen-bond donors (Lipinski definition) is 1. The van der Waals surface area contributed by atoms with E-state index in [-0.39, 0.29) is 17.8 Å². The molecule has 1 fully saturated rings. The molecule has 1 saturated heterocycles. The average Bonchev–Trinajstić information content (AvgIpc) is 3.06. The second kappa shape index (κ2) is 5.26. The van der Waals surface area contributed by atoms with Gasteiger partial charge in [0.25, 0.3) is 5.91 Å². The number of rotatable bonds is 2. The molecule has 1 unspecified atom stereocenters. The molecule has 6 heteroatoms. The first-order chi connectivity index (χ1) is 9.58. The molecule has 0 bridgehead atoms. The van der Waals surface area contributed by atoms with Crippen LogP contribution in [0.2, 0.25) is 0 Å². The predicted molar refractivity (Wildman–Crippen MR) is 84.0 cm³/mol. The van der Waals surface area contributed by atoms with E-state index in [0.29, 0.717) is 16.0 Å². The minimum atomic E-state index is -0.332. The highest BCUT2D eigenvalue weighted by Crippen LogP contribution is 2.35. The zero-order valence-corrected chi connectivity index (χ0v) is 12.7. The van der Waals surface area contributed by atoms with E-state index in [1.54, 1.807) is 11.0 Å². The van der Waals surface area contributed by atoms with Gasteiger partial charge in [-0.25, -0.2) is 4.39 Å². The second-order valence-corrected chi connectivity index (χ2v) is 7.12. The largest absolute Gasteiger partial charge is 0.397 e. The fraction of sp³-hybridized carbons (Fsp3) is 0.357. The third-order valence-corrected chi connectivity index (χ3v) is 5.98. The summed E-state index contributed by atoms with van der Waals surface area (Å²) in [6, 6.07) is 4.73. The summed E-state index contributed by atoms with van der Waals surface area (Å²) >= 11 is 3.20. The summed E-state index contributed by atoms with van der Waals surface area (Å²) in [5.74, 6) is 1.68. The van der Waals surface area contributed by atoms with Crippen LogP contribution in [0.25, 0.3) is 10.1 Å². The van der Waals surface area contributed by atoms with E-state index in [9.17, 15) is 9.18 Å². The van der Waals surface area contributed by atoms with Crippen molar-refractivity contribution < 1.29 is 9.18 Å². The monoisotopic (exact) mass is 310 g/mol. The van der Waals surface area contributed by atoms with E-state index in [4.69, 9.17) is 5.73 Å². The molecule has 1 aromatic carbocycles. The molecular formula is C14H15FN2OS2. The Kier molecular flexibility index (Phi) is 3.60. The van der Waals surface area contributed by atoms with Gasteiger partial charge in [-0.2, -0.15) is 11.8 Å². The molecule has 0 saturated carbocycles. The van der Waals surface area contributed by atoms with Crippen LogP contribution in [0, 0.1) is 5.82 Å². The number of nitrogens with two attached hydrogens (primary N) is 1. The summed E-state index contributed by atoms with van der Waals surface area (Å²) in [6.07, 6.45) is 1.02. The molecule has 0 spiro atoms. The first-order valence-corrected chi connectivity index (χ1v) is 8.37. The zero-order chi connectivity index (χ0) is 14.3. The SMILES string of the molecule is CN(C(=O)c1sc2ccc(F)cc2c1N)C1CCSC1. The van der Waals surface area contributed by atoms with Crippen molar-refractivity contribution in [3.05, 3.63) is 28.9 Å². The van der Waals surface area contributed by atoms with Gasteiger partial charge in [0.2, 0.25) is 0 Å². The summed E-state index contributed by atoms with van der Waals surface area (Å²) in [7, 11) is 1.82. The van der Waals surface area contributed by atoms with E-state index in [1.807, 2.05) is 18.8 Å². The minimum absolute atomic E-state index is 0.0587. The van der Waals surface area contributed by atoms with Gasteiger partial charge in [0.15, 0.2) is 0 Å². The highest BCUT2D eigenvalue weighted by Gasteiger charge is 2.27. The van der Waals surface area contributed by atoms with Crippen LogP contribution in [-0.2, 0) is 0 Å². The van der Waals surface area contributed by atoms with Crippen LogP contribution in [0.3, 0.4) is 0 Å². The van der Waals surface area contributed by atoms with Crippen LogP contribution in [-0.4, -0.2) is 35.4 Å².